The highest BCUT2D eigenvalue weighted by atomic mass is 15.3. The van der Waals surface area contributed by atoms with E-state index in [9.17, 15) is 0 Å². The molecule has 108 valence electrons. The predicted molar refractivity (Wildman–Crippen MR) is 78.6 cm³/mol. The lowest BCUT2D eigenvalue weighted by molar-refractivity contribution is 0.499. The number of hydrogen-bond donors (Lipinski definition) is 1. The minimum Gasteiger partial charge on any atom is -0.330 e. The molecule has 2 aromatic heterocycles. The van der Waals surface area contributed by atoms with Crippen LogP contribution in [0.5, 0.6) is 0 Å². The molecule has 0 fully saturated rings. The fraction of sp³-hybridized carbons (Fsp3) is 0.600. The lowest BCUT2D eigenvalue weighted by Crippen LogP contribution is -2.25. The summed E-state index contributed by atoms with van der Waals surface area (Å²) in [6.07, 6.45) is 7.31. The van der Waals surface area contributed by atoms with Crippen molar-refractivity contribution >= 4 is 0 Å². The van der Waals surface area contributed by atoms with Crippen LogP contribution in [0.2, 0.25) is 0 Å². The fourth-order valence-corrected chi connectivity index (χ4v) is 2.90. The molecule has 3 heterocycles. The molecule has 0 saturated carbocycles. The van der Waals surface area contributed by atoms with Crippen LogP contribution in [0.1, 0.15) is 36.1 Å². The zero-order valence-electron chi connectivity index (χ0n) is 12.4. The van der Waals surface area contributed by atoms with Crippen LogP contribution >= 0.6 is 0 Å². The summed E-state index contributed by atoms with van der Waals surface area (Å²) in [6.45, 7) is 8.16. The topological polar surface area (TPSA) is 47.7 Å². The van der Waals surface area contributed by atoms with Crippen molar-refractivity contribution < 1.29 is 0 Å². The van der Waals surface area contributed by atoms with E-state index in [0.717, 1.165) is 45.4 Å². The van der Waals surface area contributed by atoms with Crippen molar-refractivity contribution in [3.63, 3.8) is 0 Å². The summed E-state index contributed by atoms with van der Waals surface area (Å²) in [6, 6.07) is 0. The lowest BCUT2D eigenvalue weighted by Gasteiger charge is -2.16. The molecule has 1 aliphatic heterocycles. The maximum absolute atomic E-state index is 4.83. The Labute approximate surface area is 120 Å². The molecule has 0 bridgehead atoms. The first-order chi connectivity index (χ1) is 9.78. The summed E-state index contributed by atoms with van der Waals surface area (Å²) >= 11 is 0. The summed E-state index contributed by atoms with van der Waals surface area (Å²) in [7, 11) is 0. The van der Waals surface area contributed by atoms with Crippen molar-refractivity contribution in [2.45, 2.75) is 52.7 Å². The fourth-order valence-electron chi connectivity index (χ4n) is 2.90. The molecule has 0 atom stereocenters. The van der Waals surface area contributed by atoms with Crippen molar-refractivity contribution in [2.24, 2.45) is 0 Å². The average molecular weight is 273 g/mol. The molecular weight excluding hydrogens is 250 g/mol. The summed E-state index contributed by atoms with van der Waals surface area (Å²) in [5.74, 6) is 1.24. The van der Waals surface area contributed by atoms with Gasteiger partial charge in [0.1, 0.15) is 5.82 Å². The minimum atomic E-state index is 0.917. The van der Waals surface area contributed by atoms with Gasteiger partial charge in [-0.3, -0.25) is 4.68 Å². The van der Waals surface area contributed by atoms with Gasteiger partial charge in [0, 0.05) is 44.4 Å². The second-order valence-corrected chi connectivity index (χ2v) is 5.53. The molecule has 0 saturated heterocycles. The Kier molecular flexibility index (Phi) is 3.87. The Hall–Kier alpha value is -1.62. The van der Waals surface area contributed by atoms with Crippen molar-refractivity contribution in [2.75, 3.05) is 6.54 Å². The van der Waals surface area contributed by atoms with E-state index in [-0.39, 0.29) is 0 Å². The molecule has 0 aliphatic carbocycles. The highest BCUT2D eigenvalue weighted by Crippen LogP contribution is 2.17. The molecule has 5 heteroatoms. The smallest absolute Gasteiger partial charge is 0.109 e. The SMILES string of the molecule is CCCc1nc2c(n1CCn1cc(C)cn1)CCNC2. The van der Waals surface area contributed by atoms with E-state index in [2.05, 4.69) is 35.0 Å². The monoisotopic (exact) mass is 273 g/mol. The van der Waals surface area contributed by atoms with Crippen LogP contribution in [-0.2, 0) is 32.5 Å². The van der Waals surface area contributed by atoms with Crippen LogP contribution in [0.3, 0.4) is 0 Å². The number of nitrogens with one attached hydrogen (secondary N) is 1. The van der Waals surface area contributed by atoms with E-state index in [1.807, 2.05) is 10.9 Å². The maximum Gasteiger partial charge on any atom is 0.109 e. The number of rotatable bonds is 5. The first-order valence-corrected chi connectivity index (χ1v) is 7.55. The highest BCUT2D eigenvalue weighted by molar-refractivity contribution is 5.20. The molecule has 20 heavy (non-hydrogen) atoms. The largest absolute Gasteiger partial charge is 0.330 e. The zero-order valence-corrected chi connectivity index (χ0v) is 12.4. The van der Waals surface area contributed by atoms with Gasteiger partial charge >= 0.3 is 0 Å². The molecule has 0 amide bonds. The van der Waals surface area contributed by atoms with Crippen LogP contribution in [0.4, 0.5) is 0 Å². The third kappa shape index (κ3) is 2.63. The van der Waals surface area contributed by atoms with Gasteiger partial charge in [0.05, 0.1) is 18.4 Å². The Balaban J connectivity index is 1.81. The molecular formula is C15H23N5. The number of hydrogen-bond acceptors (Lipinski definition) is 3. The second kappa shape index (κ2) is 5.79. The van der Waals surface area contributed by atoms with Gasteiger partial charge in [-0.05, 0) is 18.9 Å². The van der Waals surface area contributed by atoms with Crippen LogP contribution in [-0.4, -0.2) is 25.9 Å². The molecule has 0 aromatic carbocycles. The summed E-state index contributed by atoms with van der Waals surface area (Å²) in [4.78, 5) is 4.83. The molecule has 1 aliphatic rings. The van der Waals surface area contributed by atoms with Gasteiger partial charge in [-0.1, -0.05) is 6.92 Å². The van der Waals surface area contributed by atoms with Gasteiger partial charge in [-0.25, -0.2) is 4.98 Å². The standard InChI is InChI=1S/C15H23N5/c1-3-4-15-18-13-10-16-6-5-14(13)20(15)8-7-19-11-12(2)9-17-19/h9,11,16H,3-8,10H2,1-2H3. The van der Waals surface area contributed by atoms with Crippen LogP contribution in [0.25, 0.3) is 0 Å². The predicted octanol–water partition coefficient (Wildman–Crippen LogP) is 1.69. The van der Waals surface area contributed by atoms with Gasteiger partial charge in [0.15, 0.2) is 0 Å². The number of aryl methyl sites for hydroxylation is 3. The van der Waals surface area contributed by atoms with E-state index >= 15 is 0 Å². The molecule has 0 unspecified atom stereocenters. The second-order valence-electron chi connectivity index (χ2n) is 5.53. The summed E-state index contributed by atoms with van der Waals surface area (Å²) in [5.41, 5.74) is 3.89. The van der Waals surface area contributed by atoms with Gasteiger partial charge < -0.3 is 9.88 Å². The van der Waals surface area contributed by atoms with Crippen molar-refractivity contribution in [3.8, 4) is 0 Å². The molecule has 2 aromatic rings. The van der Waals surface area contributed by atoms with E-state index in [1.54, 1.807) is 0 Å². The number of imidazole rings is 1. The Morgan fingerprint density at radius 3 is 3.00 bits per heavy atom. The maximum atomic E-state index is 4.83. The first-order valence-electron chi connectivity index (χ1n) is 7.55. The highest BCUT2D eigenvalue weighted by Gasteiger charge is 2.18. The molecule has 1 N–H and O–H groups in total. The van der Waals surface area contributed by atoms with Gasteiger partial charge in [0.2, 0.25) is 0 Å². The third-order valence-electron chi connectivity index (χ3n) is 3.85. The van der Waals surface area contributed by atoms with Crippen molar-refractivity contribution in [1.82, 2.24) is 24.6 Å². The molecule has 5 nitrogen and oxygen atoms in total. The van der Waals surface area contributed by atoms with E-state index in [0.29, 0.717) is 0 Å². The zero-order chi connectivity index (χ0) is 13.9. The Bertz CT molecular complexity index is 581. The number of nitrogens with zero attached hydrogens (tertiary/aromatic N) is 4. The van der Waals surface area contributed by atoms with Crippen molar-refractivity contribution in [3.05, 3.63) is 35.2 Å². The third-order valence-corrected chi connectivity index (χ3v) is 3.85. The average Bonchev–Trinajstić information content (AvgIpc) is 3.00. The van der Waals surface area contributed by atoms with Gasteiger partial charge in [-0.2, -0.15) is 5.10 Å². The number of fused-ring (bicyclic) bond motifs is 1. The van der Waals surface area contributed by atoms with Crippen LogP contribution < -0.4 is 5.32 Å². The summed E-state index contributed by atoms with van der Waals surface area (Å²) in [5, 5.41) is 7.78. The van der Waals surface area contributed by atoms with Gasteiger partial charge in [-0.15, -0.1) is 0 Å². The Morgan fingerprint density at radius 2 is 2.25 bits per heavy atom. The minimum absolute atomic E-state index is 0.917. The summed E-state index contributed by atoms with van der Waals surface area (Å²) < 4.78 is 4.45. The van der Waals surface area contributed by atoms with Crippen molar-refractivity contribution in [1.29, 1.82) is 0 Å². The van der Waals surface area contributed by atoms with E-state index < -0.39 is 0 Å². The molecule has 0 radical (unpaired) electrons. The first kappa shape index (κ1) is 13.4. The number of aromatic nitrogens is 4. The van der Waals surface area contributed by atoms with E-state index in [4.69, 9.17) is 4.98 Å². The molecule has 3 rings (SSSR count). The quantitative estimate of drug-likeness (QED) is 0.902. The van der Waals surface area contributed by atoms with Gasteiger partial charge in [0.25, 0.3) is 0 Å². The van der Waals surface area contributed by atoms with E-state index in [1.165, 1.54) is 22.8 Å². The Morgan fingerprint density at radius 1 is 1.35 bits per heavy atom. The lowest BCUT2D eigenvalue weighted by atomic mass is 10.2. The van der Waals surface area contributed by atoms with Crippen LogP contribution in [0, 0.1) is 6.92 Å². The van der Waals surface area contributed by atoms with Crippen LogP contribution in [0.15, 0.2) is 12.4 Å². The molecule has 0 spiro atoms. The normalized spacial score (nSPS) is 14.5.